The van der Waals surface area contributed by atoms with Gasteiger partial charge in [-0.1, -0.05) is 54.6 Å². The summed E-state index contributed by atoms with van der Waals surface area (Å²) >= 11 is 0. The first kappa shape index (κ1) is 15.4. The number of hydrogen-bond acceptors (Lipinski definition) is 1. The quantitative estimate of drug-likeness (QED) is 0.483. The number of alkyl halides is 3. The molecular weight excluding hydrogens is 325 g/mol. The summed E-state index contributed by atoms with van der Waals surface area (Å²) in [6, 6.07) is 20.4. The van der Waals surface area contributed by atoms with Crippen molar-refractivity contribution >= 4 is 10.9 Å². The maximum atomic E-state index is 13.3. The summed E-state index contributed by atoms with van der Waals surface area (Å²) in [4.78, 5) is 0. The van der Waals surface area contributed by atoms with Crippen molar-refractivity contribution in [2.45, 2.75) is 6.18 Å². The van der Waals surface area contributed by atoms with Gasteiger partial charge in [-0.15, -0.1) is 0 Å². The summed E-state index contributed by atoms with van der Waals surface area (Å²) in [7, 11) is 0. The van der Waals surface area contributed by atoms with Crippen LogP contribution in [-0.4, -0.2) is 10.2 Å². The summed E-state index contributed by atoms with van der Waals surface area (Å²) in [6.07, 6.45) is -4.40. The highest BCUT2D eigenvalue weighted by Crippen LogP contribution is 2.38. The van der Waals surface area contributed by atoms with Gasteiger partial charge in [-0.25, -0.2) is 0 Å². The van der Waals surface area contributed by atoms with Crippen molar-refractivity contribution in [3.8, 4) is 22.4 Å². The van der Waals surface area contributed by atoms with Crippen molar-refractivity contribution in [3.63, 3.8) is 0 Å². The predicted octanol–water partition coefficient (Wildman–Crippen LogP) is 5.92. The lowest BCUT2D eigenvalue weighted by atomic mass is 9.97. The number of nitrogens with zero attached hydrogens (tertiary/aromatic N) is 1. The molecule has 0 spiro atoms. The summed E-state index contributed by atoms with van der Waals surface area (Å²) in [5, 5.41) is 8.05. The Kier molecular flexibility index (Phi) is 3.57. The second-order valence-electron chi connectivity index (χ2n) is 5.74. The van der Waals surface area contributed by atoms with Gasteiger partial charge < -0.3 is 0 Å². The molecule has 1 aromatic heterocycles. The van der Waals surface area contributed by atoms with Gasteiger partial charge in [0, 0.05) is 10.9 Å². The first-order chi connectivity index (χ1) is 12.0. The fourth-order valence-corrected chi connectivity index (χ4v) is 2.98. The molecule has 5 heteroatoms. The number of aromatic nitrogens is 2. The van der Waals surface area contributed by atoms with Crippen LogP contribution < -0.4 is 0 Å². The van der Waals surface area contributed by atoms with Gasteiger partial charge in [0.15, 0.2) is 0 Å². The summed E-state index contributed by atoms with van der Waals surface area (Å²) < 4.78 is 39.9. The molecule has 25 heavy (non-hydrogen) atoms. The number of halogens is 3. The Labute approximate surface area is 141 Å². The maximum Gasteiger partial charge on any atom is 0.417 e. The van der Waals surface area contributed by atoms with Crippen LogP contribution in [0.1, 0.15) is 5.56 Å². The van der Waals surface area contributed by atoms with Gasteiger partial charge in [0.2, 0.25) is 0 Å². The zero-order valence-electron chi connectivity index (χ0n) is 13.0. The molecule has 0 aliphatic heterocycles. The molecule has 0 fully saturated rings. The highest BCUT2D eigenvalue weighted by atomic mass is 19.4. The molecule has 0 atom stereocenters. The van der Waals surface area contributed by atoms with Crippen molar-refractivity contribution < 1.29 is 13.2 Å². The second kappa shape index (κ2) is 5.77. The number of H-pyrrole nitrogens is 1. The Bertz CT molecular complexity index is 1030. The van der Waals surface area contributed by atoms with Crippen molar-refractivity contribution in [1.29, 1.82) is 0 Å². The number of hydrogen-bond donors (Lipinski definition) is 1. The number of fused-ring (bicyclic) bond motifs is 1. The molecule has 4 aromatic rings. The lowest BCUT2D eigenvalue weighted by Gasteiger charge is -2.13. The normalized spacial score (nSPS) is 11.8. The Hall–Kier alpha value is -3.08. The van der Waals surface area contributed by atoms with Gasteiger partial charge in [-0.3, -0.25) is 5.10 Å². The molecule has 0 aliphatic rings. The van der Waals surface area contributed by atoms with Crippen molar-refractivity contribution in [2.24, 2.45) is 0 Å². The molecule has 0 aliphatic carbocycles. The van der Waals surface area contributed by atoms with Gasteiger partial charge in [0.1, 0.15) is 0 Å². The van der Waals surface area contributed by atoms with Crippen LogP contribution >= 0.6 is 0 Å². The van der Waals surface area contributed by atoms with Crippen molar-refractivity contribution in [2.75, 3.05) is 0 Å². The van der Waals surface area contributed by atoms with E-state index < -0.39 is 11.7 Å². The minimum absolute atomic E-state index is 0.164. The van der Waals surface area contributed by atoms with E-state index in [2.05, 4.69) is 10.2 Å². The maximum absolute atomic E-state index is 13.3. The van der Waals surface area contributed by atoms with E-state index in [1.165, 1.54) is 12.1 Å². The lowest BCUT2D eigenvalue weighted by molar-refractivity contribution is -0.137. The molecule has 2 nitrogen and oxygen atoms in total. The molecule has 3 aromatic carbocycles. The van der Waals surface area contributed by atoms with E-state index in [9.17, 15) is 13.2 Å². The first-order valence-electron chi connectivity index (χ1n) is 7.74. The molecule has 0 bridgehead atoms. The third-order valence-electron chi connectivity index (χ3n) is 4.15. The lowest BCUT2D eigenvalue weighted by Crippen LogP contribution is -2.06. The molecule has 0 saturated heterocycles. The number of aromatic amines is 1. The average Bonchev–Trinajstić information content (AvgIpc) is 3.05. The Balaban J connectivity index is 1.91. The highest BCUT2D eigenvalue weighted by molar-refractivity contribution is 5.95. The average molecular weight is 338 g/mol. The summed E-state index contributed by atoms with van der Waals surface area (Å²) in [6.45, 7) is 0. The molecule has 1 N–H and O–H groups in total. The van der Waals surface area contributed by atoms with Gasteiger partial charge in [0.25, 0.3) is 0 Å². The first-order valence-corrected chi connectivity index (χ1v) is 7.74. The second-order valence-corrected chi connectivity index (χ2v) is 5.74. The van der Waals surface area contributed by atoms with Crippen molar-refractivity contribution in [3.05, 3.63) is 78.4 Å². The van der Waals surface area contributed by atoms with Gasteiger partial charge in [-0.05, 0) is 29.3 Å². The van der Waals surface area contributed by atoms with E-state index >= 15 is 0 Å². The predicted molar refractivity (Wildman–Crippen MR) is 92.0 cm³/mol. The van der Waals surface area contributed by atoms with Crippen LogP contribution in [0.2, 0.25) is 0 Å². The standard InChI is InChI=1S/C20H13F3N2/c21-20(22,23)17-9-5-4-8-15(17)14-10-11-18-16(12-14)19(25-24-18)13-6-2-1-3-7-13/h1-12H,(H,24,25). The molecule has 0 unspecified atom stereocenters. The van der Waals surface area contributed by atoms with Crippen LogP contribution in [0.4, 0.5) is 13.2 Å². The highest BCUT2D eigenvalue weighted by Gasteiger charge is 2.33. The monoisotopic (exact) mass is 338 g/mol. The van der Waals surface area contributed by atoms with Crippen LogP contribution in [0, 0.1) is 0 Å². The van der Waals surface area contributed by atoms with E-state index in [1.807, 2.05) is 30.3 Å². The third-order valence-corrected chi connectivity index (χ3v) is 4.15. The molecule has 4 rings (SSSR count). The Morgan fingerprint density at radius 2 is 1.48 bits per heavy atom. The number of rotatable bonds is 2. The van der Waals surface area contributed by atoms with Crippen LogP contribution in [0.3, 0.4) is 0 Å². The fraction of sp³-hybridized carbons (Fsp3) is 0.0500. The van der Waals surface area contributed by atoms with E-state index in [0.717, 1.165) is 28.2 Å². The third kappa shape index (κ3) is 2.78. The zero-order chi connectivity index (χ0) is 17.4. The largest absolute Gasteiger partial charge is 0.417 e. The van der Waals surface area contributed by atoms with E-state index in [0.29, 0.717) is 5.56 Å². The Morgan fingerprint density at radius 1 is 0.760 bits per heavy atom. The molecule has 0 amide bonds. The smallest absolute Gasteiger partial charge is 0.277 e. The van der Waals surface area contributed by atoms with E-state index in [1.54, 1.807) is 24.3 Å². The van der Waals surface area contributed by atoms with Crippen LogP contribution in [-0.2, 0) is 6.18 Å². The minimum Gasteiger partial charge on any atom is -0.277 e. The minimum atomic E-state index is -4.40. The SMILES string of the molecule is FC(F)(F)c1ccccc1-c1ccc2[nH]nc(-c3ccccc3)c2c1. The van der Waals surface area contributed by atoms with Crippen LogP contribution in [0.25, 0.3) is 33.3 Å². The number of nitrogens with one attached hydrogen (secondary N) is 1. The molecule has 0 radical (unpaired) electrons. The Morgan fingerprint density at radius 3 is 2.24 bits per heavy atom. The van der Waals surface area contributed by atoms with Gasteiger partial charge in [-0.2, -0.15) is 18.3 Å². The van der Waals surface area contributed by atoms with Gasteiger partial charge >= 0.3 is 6.18 Å². The summed E-state index contributed by atoms with van der Waals surface area (Å²) in [5.74, 6) is 0. The van der Waals surface area contributed by atoms with E-state index in [-0.39, 0.29) is 5.56 Å². The van der Waals surface area contributed by atoms with Crippen molar-refractivity contribution in [1.82, 2.24) is 10.2 Å². The van der Waals surface area contributed by atoms with E-state index in [4.69, 9.17) is 0 Å². The fourth-order valence-electron chi connectivity index (χ4n) is 2.98. The number of benzene rings is 3. The molecule has 1 heterocycles. The topological polar surface area (TPSA) is 28.7 Å². The molecule has 124 valence electrons. The molecule has 0 saturated carbocycles. The summed E-state index contributed by atoms with van der Waals surface area (Å²) in [5.41, 5.74) is 2.46. The van der Waals surface area contributed by atoms with Crippen LogP contribution in [0.5, 0.6) is 0 Å². The van der Waals surface area contributed by atoms with Crippen LogP contribution in [0.15, 0.2) is 72.8 Å². The zero-order valence-corrected chi connectivity index (χ0v) is 13.0. The molecular formula is C20H13F3N2. The van der Waals surface area contributed by atoms with Gasteiger partial charge in [0.05, 0.1) is 16.8 Å².